The fourth-order valence-corrected chi connectivity index (χ4v) is 5.17. The van der Waals surface area contributed by atoms with Gasteiger partial charge in [-0.25, -0.2) is 17.0 Å². The normalized spacial score (nSPS) is 21.5. The van der Waals surface area contributed by atoms with Crippen molar-refractivity contribution in [2.45, 2.75) is 11.4 Å². The summed E-state index contributed by atoms with van der Waals surface area (Å²) in [6, 6.07) is 7.77. The number of phosphoric ester groups is 1. The molecule has 1 fully saturated rings. The Labute approximate surface area is 165 Å². The van der Waals surface area contributed by atoms with Crippen LogP contribution in [-0.4, -0.2) is 47.7 Å². The molecule has 13 heteroatoms. The highest BCUT2D eigenvalue weighted by molar-refractivity contribution is 7.90. The van der Waals surface area contributed by atoms with Gasteiger partial charge in [0.2, 0.25) is 5.76 Å². The summed E-state index contributed by atoms with van der Waals surface area (Å²) < 4.78 is 53.1. The maximum atomic E-state index is 12.9. The molecule has 4 rings (SSSR count). The van der Waals surface area contributed by atoms with Crippen LogP contribution in [0, 0.1) is 0 Å². The van der Waals surface area contributed by atoms with Gasteiger partial charge in [0.25, 0.3) is 10.0 Å². The minimum atomic E-state index is -4.22. The largest absolute Gasteiger partial charge is 0.612 e. The summed E-state index contributed by atoms with van der Waals surface area (Å²) >= 11 is 0. The molecule has 29 heavy (non-hydrogen) atoms. The highest BCUT2D eigenvalue weighted by atomic mass is 32.2. The molecular weight excluding hydrogens is 425 g/mol. The maximum absolute atomic E-state index is 12.9. The van der Waals surface area contributed by atoms with E-state index >= 15 is 0 Å². The van der Waals surface area contributed by atoms with Gasteiger partial charge in [-0.3, -0.25) is 10.0 Å². The molecule has 2 bridgehead atoms. The number of hydrogen-bond acceptors (Lipinski definition) is 9. The fourth-order valence-electron chi connectivity index (χ4n) is 2.81. The van der Waals surface area contributed by atoms with E-state index in [9.17, 15) is 23.0 Å². The van der Waals surface area contributed by atoms with E-state index in [1.807, 2.05) is 19.0 Å². The number of carbonyl (C=O) groups excluding carboxylic acids is 1. The zero-order valence-corrected chi connectivity index (χ0v) is 17.0. The number of carbonyl (C=O) groups is 1. The molecule has 154 valence electrons. The predicted molar refractivity (Wildman–Crippen MR) is 97.3 cm³/mol. The average molecular weight is 441 g/mol. The second kappa shape index (κ2) is 6.71. The first-order valence-corrected chi connectivity index (χ1v) is 11.1. The van der Waals surface area contributed by atoms with Gasteiger partial charge in [0, 0.05) is 24.5 Å². The molecule has 0 spiro atoms. The van der Waals surface area contributed by atoms with E-state index < -0.39 is 29.5 Å². The first-order valence-electron chi connectivity index (χ1n) is 8.23. The summed E-state index contributed by atoms with van der Waals surface area (Å²) in [5.74, 6) is -1.95. The van der Waals surface area contributed by atoms with Gasteiger partial charge in [-0.05, 0) is 37.9 Å². The van der Waals surface area contributed by atoms with Crippen LogP contribution >= 0.6 is 7.82 Å². The molecule has 3 heterocycles. The van der Waals surface area contributed by atoms with E-state index in [4.69, 9.17) is 9.05 Å². The topological polar surface area (TPSA) is 128 Å². The summed E-state index contributed by atoms with van der Waals surface area (Å²) in [7, 11) is -4.32. The van der Waals surface area contributed by atoms with Crippen LogP contribution in [0.2, 0.25) is 0 Å². The number of rotatable bonds is 5. The molecule has 11 nitrogen and oxygen atoms in total. The monoisotopic (exact) mass is 441 g/mol. The lowest BCUT2D eigenvalue weighted by Gasteiger charge is -2.19. The Kier molecular flexibility index (Phi) is 4.56. The van der Waals surface area contributed by atoms with Crippen LogP contribution in [0.25, 0.3) is 5.76 Å². The molecule has 1 aromatic heterocycles. The predicted octanol–water partition coefficient (Wildman–Crippen LogP) is 1.77. The number of aromatic nitrogens is 1. The Hall–Kier alpha value is -2.63. The van der Waals surface area contributed by atoms with Gasteiger partial charge in [0.05, 0.1) is 4.90 Å². The number of benzene rings is 1. The van der Waals surface area contributed by atoms with Crippen molar-refractivity contribution in [3.05, 3.63) is 59.6 Å². The number of fused-ring (bicyclic) bond motifs is 2. The maximum Gasteiger partial charge on any atom is 0.612 e. The second-order valence-electron chi connectivity index (χ2n) is 6.56. The van der Waals surface area contributed by atoms with Gasteiger partial charge in [0.15, 0.2) is 5.76 Å². The first kappa shape index (κ1) is 19.7. The number of amides is 1. The van der Waals surface area contributed by atoms with Crippen LogP contribution < -0.4 is 0 Å². The first-order chi connectivity index (χ1) is 13.6. The fraction of sp³-hybridized carbons (Fsp3) is 0.188. The summed E-state index contributed by atoms with van der Waals surface area (Å²) in [6.45, 7) is 0.667. The molecule has 1 atom stereocenters. The molecule has 0 aliphatic carbocycles. The Morgan fingerprint density at radius 3 is 2.41 bits per heavy atom. The van der Waals surface area contributed by atoms with Crippen LogP contribution in [0.4, 0.5) is 0 Å². The number of nitrogens with zero attached hydrogens (tertiary/aromatic N) is 3. The van der Waals surface area contributed by atoms with Crippen LogP contribution in [-0.2, 0) is 39.6 Å². The van der Waals surface area contributed by atoms with E-state index in [-0.39, 0.29) is 21.4 Å². The third-order valence-corrected chi connectivity index (χ3v) is 6.90. The van der Waals surface area contributed by atoms with Crippen LogP contribution in [0.3, 0.4) is 0 Å². The molecule has 2 aliphatic heterocycles. The van der Waals surface area contributed by atoms with Crippen LogP contribution in [0.15, 0.2) is 53.4 Å². The molecule has 1 aromatic carbocycles. The smallest absolute Gasteiger partial charge is 0.389 e. The quantitative estimate of drug-likeness (QED) is 0.545. The Balaban J connectivity index is 1.65. The minimum Gasteiger partial charge on any atom is -0.389 e. The lowest BCUT2D eigenvalue weighted by Crippen LogP contribution is -2.31. The summed E-state index contributed by atoms with van der Waals surface area (Å²) in [6.07, 6.45) is 2.42. The molecule has 1 saturated heterocycles. The van der Waals surface area contributed by atoms with Crippen molar-refractivity contribution in [1.29, 1.82) is 0 Å². The molecule has 1 N–H and O–H groups in total. The van der Waals surface area contributed by atoms with E-state index in [0.717, 1.165) is 9.54 Å². The zero-order valence-electron chi connectivity index (χ0n) is 15.3. The van der Waals surface area contributed by atoms with Gasteiger partial charge in [-0.1, -0.05) is 17.4 Å². The van der Waals surface area contributed by atoms with Crippen LogP contribution in [0.5, 0.6) is 0 Å². The average Bonchev–Trinajstić information content (AvgIpc) is 3.24. The van der Waals surface area contributed by atoms with Crippen molar-refractivity contribution in [2.75, 3.05) is 14.1 Å². The molecule has 1 amide bonds. The molecule has 2 aliphatic rings. The lowest BCUT2D eigenvalue weighted by atomic mass is 10.2. The van der Waals surface area contributed by atoms with Crippen molar-refractivity contribution >= 4 is 29.5 Å². The van der Waals surface area contributed by atoms with E-state index in [2.05, 4.69) is 4.62 Å². The van der Waals surface area contributed by atoms with Crippen molar-refractivity contribution in [3.63, 3.8) is 0 Å². The van der Waals surface area contributed by atoms with Gasteiger partial charge < -0.3 is 13.9 Å². The van der Waals surface area contributed by atoms with Gasteiger partial charge in [-0.2, -0.15) is 0 Å². The van der Waals surface area contributed by atoms with Crippen molar-refractivity contribution < 1.29 is 36.7 Å². The van der Waals surface area contributed by atoms with E-state index in [0.29, 0.717) is 6.54 Å². The Morgan fingerprint density at radius 2 is 1.76 bits per heavy atom. The highest BCUT2D eigenvalue weighted by Gasteiger charge is 2.53. The van der Waals surface area contributed by atoms with Gasteiger partial charge in [-0.15, -0.1) is 4.62 Å². The zero-order chi connectivity index (χ0) is 21.0. The molecule has 1 unspecified atom stereocenters. The molecule has 0 saturated carbocycles. The number of hydroxylamine groups is 2. The highest BCUT2D eigenvalue weighted by Crippen LogP contribution is 2.63. The molecule has 0 radical (unpaired) electrons. The molecule has 2 aromatic rings. The van der Waals surface area contributed by atoms with Crippen molar-refractivity contribution in [1.82, 2.24) is 14.1 Å². The summed E-state index contributed by atoms with van der Waals surface area (Å²) in [4.78, 5) is 13.9. The summed E-state index contributed by atoms with van der Waals surface area (Å²) in [5.41, 5.74) is 1.06. The minimum absolute atomic E-state index is 0.0656. The Bertz CT molecular complexity index is 1170. The van der Waals surface area contributed by atoms with Gasteiger partial charge >= 0.3 is 13.7 Å². The molecular formula is C16H16N3O8PS. The summed E-state index contributed by atoms with van der Waals surface area (Å²) in [5, 5.41) is 9.10. The lowest BCUT2D eigenvalue weighted by molar-refractivity contribution is -0.276. The number of phosphoric acid groups is 1. The third kappa shape index (κ3) is 3.45. The third-order valence-electron chi connectivity index (χ3n) is 4.08. The van der Waals surface area contributed by atoms with E-state index in [1.54, 1.807) is 12.1 Å². The number of hydrogen-bond donors (Lipinski definition) is 1. The van der Waals surface area contributed by atoms with Gasteiger partial charge in [0.1, 0.15) is 0 Å². The van der Waals surface area contributed by atoms with Crippen molar-refractivity contribution in [2.24, 2.45) is 0 Å². The standard InChI is InChI=1S/C16H16N3O8PS/c1-17(2)9-11-3-5-13(6-4-11)29(23,24)18-8-7-12(10-18)14-15-16(20)19(21)27-28(22,25-14)26-15/h3-8,10,21H,9H2,1-2H3. The second-order valence-corrected chi connectivity index (χ2v) is 9.83. The van der Waals surface area contributed by atoms with Crippen LogP contribution in [0.1, 0.15) is 11.1 Å². The van der Waals surface area contributed by atoms with Crippen molar-refractivity contribution in [3.8, 4) is 0 Å². The SMILES string of the molecule is CN(C)Cc1ccc(S(=O)(=O)n2ccc(C3=C4OP(=O)(O3)ON(O)C4=O)c2)cc1. The Morgan fingerprint density at radius 1 is 1.10 bits per heavy atom. The van der Waals surface area contributed by atoms with E-state index in [1.165, 1.54) is 30.6 Å².